The second-order valence-electron chi connectivity index (χ2n) is 7.34. The minimum atomic E-state index is 0.145. The van der Waals surface area contributed by atoms with E-state index in [2.05, 4.69) is 17.0 Å². The first kappa shape index (κ1) is 21.1. The molecule has 0 bridgehead atoms. The van der Waals surface area contributed by atoms with Gasteiger partial charge >= 0.3 is 0 Å². The van der Waals surface area contributed by atoms with E-state index in [1.165, 1.54) is 11.1 Å². The molecule has 0 fully saturated rings. The van der Waals surface area contributed by atoms with Gasteiger partial charge < -0.3 is 20.1 Å². The first-order valence-corrected chi connectivity index (χ1v) is 10.1. The lowest BCUT2D eigenvalue weighted by Gasteiger charge is -2.31. The zero-order valence-electron chi connectivity index (χ0n) is 17.4. The average Bonchev–Trinajstić information content (AvgIpc) is 2.76. The second-order valence-corrected chi connectivity index (χ2v) is 7.34. The van der Waals surface area contributed by atoms with Crippen molar-refractivity contribution in [3.05, 3.63) is 59.2 Å². The van der Waals surface area contributed by atoms with Crippen molar-refractivity contribution >= 4 is 5.91 Å². The highest BCUT2D eigenvalue weighted by Gasteiger charge is 2.24. The van der Waals surface area contributed by atoms with Crippen molar-refractivity contribution in [3.8, 4) is 11.5 Å². The summed E-state index contributed by atoms with van der Waals surface area (Å²) in [6.45, 7) is 3.80. The Balaban J connectivity index is 1.62. The minimum Gasteiger partial charge on any atom is -0.493 e. The first-order chi connectivity index (χ1) is 14.1. The Morgan fingerprint density at radius 1 is 1.07 bits per heavy atom. The summed E-state index contributed by atoms with van der Waals surface area (Å²) in [7, 11) is 3.28. The van der Waals surface area contributed by atoms with Crippen molar-refractivity contribution in [3.63, 3.8) is 0 Å². The largest absolute Gasteiger partial charge is 0.493 e. The van der Waals surface area contributed by atoms with Crippen LogP contribution >= 0.6 is 0 Å². The molecule has 1 heterocycles. The van der Waals surface area contributed by atoms with Gasteiger partial charge in [0.1, 0.15) is 0 Å². The van der Waals surface area contributed by atoms with Crippen molar-refractivity contribution in [1.29, 1.82) is 0 Å². The molecule has 2 N–H and O–H groups in total. The van der Waals surface area contributed by atoms with Crippen LogP contribution in [0.3, 0.4) is 0 Å². The molecule has 1 amide bonds. The lowest BCUT2D eigenvalue weighted by molar-refractivity contribution is -0.133. The maximum absolute atomic E-state index is 13.0. The second kappa shape index (κ2) is 10.3. The molecule has 0 radical (unpaired) electrons. The highest BCUT2D eigenvalue weighted by molar-refractivity contribution is 5.78. The summed E-state index contributed by atoms with van der Waals surface area (Å²) in [5.74, 6) is 1.58. The number of nitrogens with two attached hydrogens (primary N) is 1. The standard InChI is InChI=1S/C23H31N3O3/c1-28-21-14-19-9-12-26(16-20(19)15-22(21)29-2)23(27)17-25(13-10-24)11-8-18-6-4-3-5-7-18/h3-7,14-15H,8-13,16-17,24H2,1-2H3. The molecule has 29 heavy (non-hydrogen) atoms. The number of carbonyl (C=O) groups excluding carboxylic acids is 1. The summed E-state index contributed by atoms with van der Waals surface area (Å²) in [5, 5.41) is 0. The van der Waals surface area contributed by atoms with E-state index in [0.29, 0.717) is 31.9 Å². The molecule has 2 aromatic carbocycles. The van der Waals surface area contributed by atoms with Gasteiger partial charge in [-0.25, -0.2) is 0 Å². The third kappa shape index (κ3) is 5.49. The number of fused-ring (bicyclic) bond motifs is 1. The van der Waals surface area contributed by atoms with Crippen LogP contribution in [0.2, 0.25) is 0 Å². The Bertz CT molecular complexity index is 811. The molecular weight excluding hydrogens is 366 g/mol. The summed E-state index contributed by atoms with van der Waals surface area (Å²) < 4.78 is 10.8. The van der Waals surface area contributed by atoms with Gasteiger partial charge in [0.05, 0.1) is 20.8 Å². The zero-order valence-corrected chi connectivity index (χ0v) is 17.4. The van der Waals surface area contributed by atoms with Gasteiger partial charge in [-0.05, 0) is 41.7 Å². The van der Waals surface area contributed by atoms with Crippen molar-refractivity contribution in [1.82, 2.24) is 9.80 Å². The molecule has 0 unspecified atom stereocenters. The van der Waals surface area contributed by atoms with Gasteiger partial charge in [-0.1, -0.05) is 30.3 Å². The number of hydrogen-bond donors (Lipinski definition) is 1. The molecule has 1 aliphatic heterocycles. The molecule has 0 saturated carbocycles. The third-order valence-electron chi connectivity index (χ3n) is 5.43. The molecule has 0 aromatic heterocycles. The highest BCUT2D eigenvalue weighted by atomic mass is 16.5. The lowest BCUT2D eigenvalue weighted by atomic mass is 9.98. The Hall–Kier alpha value is -2.57. The number of amides is 1. The number of rotatable bonds is 9. The van der Waals surface area contributed by atoms with Crippen LogP contribution in [0.15, 0.2) is 42.5 Å². The van der Waals surface area contributed by atoms with Gasteiger partial charge in [0.15, 0.2) is 11.5 Å². The third-order valence-corrected chi connectivity index (χ3v) is 5.43. The van der Waals surface area contributed by atoms with E-state index < -0.39 is 0 Å². The average molecular weight is 398 g/mol. The van der Waals surface area contributed by atoms with E-state index in [-0.39, 0.29) is 5.91 Å². The molecule has 1 aliphatic rings. The number of benzene rings is 2. The normalized spacial score (nSPS) is 13.3. The Kier molecular flexibility index (Phi) is 7.49. The number of methoxy groups -OCH3 is 2. The summed E-state index contributed by atoms with van der Waals surface area (Å²) in [6, 6.07) is 14.3. The molecule has 0 saturated heterocycles. The quantitative estimate of drug-likeness (QED) is 0.702. The van der Waals surface area contributed by atoms with Crippen LogP contribution in [0.1, 0.15) is 16.7 Å². The molecule has 2 aromatic rings. The summed E-state index contributed by atoms with van der Waals surface area (Å²) in [6.07, 6.45) is 1.73. The van der Waals surface area contributed by atoms with E-state index in [9.17, 15) is 4.79 Å². The van der Waals surface area contributed by atoms with Crippen LogP contribution in [0.25, 0.3) is 0 Å². The molecule has 156 valence electrons. The van der Waals surface area contributed by atoms with Gasteiger partial charge in [-0.2, -0.15) is 0 Å². The molecular formula is C23H31N3O3. The summed E-state index contributed by atoms with van der Waals surface area (Å²) >= 11 is 0. The molecule has 0 aliphatic carbocycles. The monoisotopic (exact) mass is 397 g/mol. The van der Waals surface area contributed by atoms with Gasteiger partial charge in [0.2, 0.25) is 5.91 Å². The fraction of sp³-hybridized carbons (Fsp3) is 0.435. The van der Waals surface area contributed by atoms with E-state index in [1.807, 2.05) is 35.2 Å². The highest BCUT2D eigenvalue weighted by Crippen LogP contribution is 2.33. The van der Waals surface area contributed by atoms with Crippen LogP contribution in [0.4, 0.5) is 0 Å². The smallest absolute Gasteiger partial charge is 0.237 e. The fourth-order valence-corrected chi connectivity index (χ4v) is 3.77. The number of nitrogens with zero attached hydrogens (tertiary/aromatic N) is 2. The fourth-order valence-electron chi connectivity index (χ4n) is 3.77. The topological polar surface area (TPSA) is 68.0 Å². The Morgan fingerprint density at radius 3 is 2.41 bits per heavy atom. The maximum atomic E-state index is 13.0. The molecule has 0 atom stereocenters. The van der Waals surface area contributed by atoms with Gasteiger partial charge in [-0.3, -0.25) is 9.69 Å². The number of ether oxygens (including phenoxy) is 2. The molecule has 0 spiro atoms. The van der Waals surface area contributed by atoms with Crippen molar-refractivity contribution in [2.45, 2.75) is 19.4 Å². The van der Waals surface area contributed by atoms with Crippen LogP contribution < -0.4 is 15.2 Å². The maximum Gasteiger partial charge on any atom is 0.237 e. The Labute approximate surface area is 173 Å². The van der Waals surface area contributed by atoms with E-state index in [0.717, 1.165) is 37.2 Å². The van der Waals surface area contributed by atoms with Crippen molar-refractivity contribution in [2.24, 2.45) is 5.73 Å². The predicted molar refractivity (Wildman–Crippen MR) is 114 cm³/mol. The van der Waals surface area contributed by atoms with Crippen molar-refractivity contribution < 1.29 is 14.3 Å². The predicted octanol–water partition coefficient (Wildman–Crippen LogP) is 2.09. The van der Waals surface area contributed by atoms with Crippen LogP contribution in [-0.2, 0) is 24.2 Å². The van der Waals surface area contributed by atoms with Gasteiger partial charge in [-0.15, -0.1) is 0 Å². The number of hydrogen-bond acceptors (Lipinski definition) is 5. The van der Waals surface area contributed by atoms with E-state index in [4.69, 9.17) is 15.2 Å². The zero-order chi connectivity index (χ0) is 20.6. The van der Waals surface area contributed by atoms with Crippen LogP contribution in [0, 0.1) is 0 Å². The summed E-state index contributed by atoms with van der Waals surface area (Å²) in [4.78, 5) is 17.1. The van der Waals surface area contributed by atoms with Crippen LogP contribution in [-0.4, -0.2) is 62.7 Å². The number of carbonyl (C=O) groups is 1. The molecule has 3 rings (SSSR count). The van der Waals surface area contributed by atoms with Gasteiger partial charge in [0, 0.05) is 32.7 Å². The van der Waals surface area contributed by atoms with Gasteiger partial charge in [0.25, 0.3) is 0 Å². The van der Waals surface area contributed by atoms with Crippen molar-refractivity contribution in [2.75, 3.05) is 46.9 Å². The lowest BCUT2D eigenvalue weighted by Crippen LogP contribution is -2.44. The van der Waals surface area contributed by atoms with E-state index >= 15 is 0 Å². The molecule has 6 nitrogen and oxygen atoms in total. The first-order valence-electron chi connectivity index (χ1n) is 10.1. The van der Waals surface area contributed by atoms with E-state index in [1.54, 1.807) is 14.2 Å². The SMILES string of the molecule is COc1cc2c(cc1OC)CN(C(=O)CN(CCN)CCc1ccccc1)CC2. The molecule has 6 heteroatoms. The summed E-state index contributed by atoms with van der Waals surface area (Å²) in [5.41, 5.74) is 9.40. The van der Waals surface area contributed by atoms with Crippen LogP contribution in [0.5, 0.6) is 11.5 Å². The minimum absolute atomic E-state index is 0.145. The Morgan fingerprint density at radius 2 is 1.76 bits per heavy atom.